The molecule has 2 fully saturated rings. The molecule has 0 aromatic heterocycles. The van der Waals surface area contributed by atoms with Gasteiger partial charge in [-0.15, -0.1) is 6.58 Å². The molecule has 0 aliphatic heterocycles. The summed E-state index contributed by atoms with van der Waals surface area (Å²) in [5, 5.41) is 0. The molecule has 0 bridgehead atoms. The normalized spacial score (nSPS) is 31.8. The van der Waals surface area contributed by atoms with E-state index in [9.17, 15) is 0 Å². The van der Waals surface area contributed by atoms with Gasteiger partial charge in [-0.1, -0.05) is 49.4 Å². The van der Waals surface area contributed by atoms with Gasteiger partial charge in [0, 0.05) is 0 Å². The third-order valence-electron chi connectivity index (χ3n) is 7.14. The lowest BCUT2D eigenvalue weighted by molar-refractivity contribution is 0.147. The fourth-order valence-electron chi connectivity index (χ4n) is 5.33. The molecular weight excluding hydrogens is 300 g/mol. The molecule has 2 aliphatic rings. The minimum Gasteiger partial charge on any atom is -0.103 e. The van der Waals surface area contributed by atoms with Crippen LogP contribution in [0, 0.1) is 23.7 Å². The first-order chi connectivity index (χ1) is 12.2. The maximum atomic E-state index is 3.99. The highest BCUT2D eigenvalue weighted by Crippen LogP contribution is 2.45. The minimum atomic E-state index is 0.710. The summed E-state index contributed by atoms with van der Waals surface area (Å²) in [6, 6.07) is 9.29. The van der Waals surface area contributed by atoms with E-state index in [4.69, 9.17) is 0 Å². The molecule has 3 rings (SSSR count). The van der Waals surface area contributed by atoms with Gasteiger partial charge in [0.1, 0.15) is 0 Å². The molecule has 1 aromatic carbocycles. The van der Waals surface area contributed by atoms with Gasteiger partial charge in [-0.3, -0.25) is 0 Å². The highest BCUT2D eigenvalue weighted by molar-refractivity contribution is 5.49. The highest BCUT2D eigenvalue weighted by atomic mass is 14.4. The van der Waals surface area contributed by atoms with Crippen LogP contribution >= 0.6 is 0 Å². The van der Waals surface area contributed by atoms with Crippen molar-refractivity contribution in [3.05, 3.63) is 54.1 Å². The van der Waals surface area contributed by atoms with E-state index in [0.717, 1.165) is 23.7 Å². The maximum Gasteiger partial charge on any atom is -0.0162 e. The summed E-state index contributed by atoms with van der Waals surface area (Å²) in [7, 11) is 0. The first-order valence-corrected chi connectivity index (χ1v) is 10.6. The van der Waals surface area contributed by atoms with Crippen molar-refractivity contribution in [1.29, 1.82) is 0 Å². The van der Waals surface area contributed by atoms with Crippen molar-refractivity contribution in [1.82, 2.24) is 0 Å². The number of hydrogen-bond donors (Lipinski definition) is 0. The summed E-state index contributed by atoms with van der Waals surface area (Å²) in [5.74, 6) is 4.42. The number of rotatable bonds is 5. The van der Waals surface area contributed by atoms with Gasteiger partial charge in [0.15, 0.2) is 0 Å². The SMILES string of the molecule is C=CC(C)C1CCC(C2CCC(c3ccc(/C=C/C)cc3)CC2)CC1. The topological polar surface area (TPSA) is 0 Å². The predicted octanol–water partition coefficient (Wildman–Crippen LogP) is 7.62. The van der Waals surface area contributed by atoms with E-state index in [1.807, 2.05) is 0 Å². The van der Waals surface area contributed by atoms with Crippen LogP contribution in [0.1, 0.15) is 82.3 Å². The van der Waals surface area contributed by atoms with Gasteiger partial charge in [-0.05, 0) is 99.0 Å². The van der Waals surface area contributed by atoms with Crippen LogP contribution in [0.25, 0.3) is 6.08 Å². The van der Waals surface area contributed by atoms with Crippen LogP contribution in [0.2, 0.25) is 0 Å². The lowest BCUT2D eigenvalue weighted by atomic mass is 9.67. The van der Waals surface area contributed by atoms with E-state index in [1.54, 1.807) is 5.56 Å². The molecule has 136 valence electrons. The molecule has 2 saturated carbocycles. The Balaban J connectivity index is 1.48. The van der Waals surface area contributed by atoms with Crippen molar-refractivity contribution in [2.75, 3.05) is 0 Å². The van der Waals surface area contributed by atoms with Crippen LogP contribution in [0.3, 0.4) is 0 Å². The number of hydrogen-bond acceptors (Lipinski definition) is 0. The molecular formula is C25H36. The van der Waals surface area contributed by atoms with Crippen LogP contribution in [-0.4, -0.2) is 0 Å². The van der Waals surface area contributed by atoms with Gasteiger partial charge in [0.05, 0.1) is 0 Å². The van der Waals surface area contributed by atoms with E-state index in [2.05, 4.69) is 62.9 Å². The van der Waals surface area contributed by atoms with E-state index >= 15 is 0 Å². The number of benzene rings is 1. The standard InChI is InChI=1S/C25H36/c1-4-6-20-7-9-22(10-8-20)24-15-17-25(18-16-24)23-13-11-21(12-14-23)19(3)5-2/h4-10,19,21,23-25H,2,11-18H2,1,3H3/b6-4+. The monoisotopic (exact) mass is 336 g/mol. The quantitative estimate of drug-likeness (QED) is 0.485. The molecule has 1 unspecified atom stereocenters. The molecule has 0 nitrogen and oxygen atoms in total. The van der Waals surface area contributed by atoms with Crippen molar-refractivity contribution in [3.63, 3.8) is 0 Å². The van der Waals surface area contributed by atoms with Crippen LogP contribution in [0.5, 0.6) is 0 Å². The van der Waals surface area contributed by atoms with E-state index < -0.39 is 0 Å². The molecule has 0 N–H and O–H groups in total. The molecule has 1 atom stereocenters. The van der Waals surface area contributed by atoms with Crippen molar-refractivity contribution < 1.29 is 0 Å². The molecule has 0 heteroatoms. The third kappa shape index (κ3) is 4.66. The van der Waals surface area contributed by atoms with Crippen molar-refractivity contribution >= 4 is 6.08 Å². The predicted molar refractivity (Wildman–Crippen MR) is 111 cm³/mol. The summed E-state index contributed by atoms with van der Waals surface area (Å²) in [6.45, 7) is 8.43. The van der Waals surface area contributed by atoms with Gasteiger partial charge >= 0.3 is 0 Å². The van der Waals surface area contributed by atoms with E-state index in [1.165, 1.54) is 56.9 Å². The fourth-order valence-corrected chi connectivity index (χ4v) is 5.33. The highest BCUT2D eigenvalue weighted by Gasteiger charge is 2.32. The second kappa shape index (κ2) is 8.88. The Kier molecular flexibility index (Phi) is 6.57. The Morgan fingerprint density at radius 1 is 0.880 bits per heavy atom. The average Bonchev–Trinajstić information content (AvgIpc) is 2.68. The van der Waals surface area contributed by atoms with Gasteiger partial charge in [-0.2, -0.15) is 0 Å². The van der Waals surface area contributed by atoms with Gasteiger partial charge in [0.2, 0.25) is 0 Å². The second-order valence-electron chi connectivity index (χ2n) is 8.55. The van der Waals surface area contributed by atoms with Crippen molar-refractivity contribution in [2.45, 2.75) is 71.1 Å². The Hall–Kier alpha value is -1.30. The zero-order valence-electron chi connectivity index (χ0n) is 16.3. The van der Waals surface area contributed by atoms with Crippen LogP contribution in [0.15, 0.2) is 43.0 Å². The second-order valence-corrected chi connectivity index (χ2v) is 8.55. The van der Waals surface area contributed by atoms with Crippen LogP contribution in [-0.2, 0) is 0 Å². The summed E-state index contributed by atoms with van der Waals surface area (Å²) in [6.07, 6.45) is 18.0. The zero-order chi connectivity index (χ0) is 17.6. The minimum absolute atomic E-state index is 0.710. The molecule has 1 aromatic rings. The molecule has 0 amide bonds. The van der Waals surface area contributed by atoms with Crippen LogP contribution < -0.4 is 0 Å². The zero-order valence-corrected chi connectivity index (χ0v) is 16.3. The molecule has 0 spiro atoms. The van der Waals surface area contributed by atoms with Gasteiger partial charge in [-0.25, -0.2) is 0 Å². The Morgan fingerprint density at radius 2 is 1.44 bits per heavy atom. The average molecular weight is 337 g/mol. The molecule has 25 heavy (non-hydrogen) atoms. The van der Waals surface area contributed by atoms with Crippen LogP contribution in [0.4, 0.5) is 0 Å². The first kappa shape index (κ1) is 18.5. The largest absolute Gasteiger partial charge is 0.103 e. The van der Waals surface area contributed by atoms with Gasteiger partial charge in [0.25, 0.3) is 0 Å². The maximum absolute atomic E-state index is 3.99. The summed E-state index contributed by atoms with van der Waals surface area (Å²) in [5.41, 5.74) is 2.89. The first-order valence-electron chi connectivity index (χ1n) is 10.6. The van der Waals surface area contributed by atoms with Gasteiger partial charge < -0.3 is 0 Å². The molecule has 0 heterocycles. The summed E-state index contributed by atoms with van der Waals surface area (Å²) in [4.78, 5) is 0. The summed E-state index contributed by atoms with van der Waals surface area (Å²) >= 11 is 0. The molecule has 2 aliphatic carbocycles. The lowest BCUT2D eigenvalue weighted by Gasteiger charge is -2.39. The van der Waals surface area contributed by atoms with Crippen molar-refractivity contribution in [2.24, 2.45) is 23.7 Å². The Labute approximate surface area is 155 Å². The van der Waals surface area contributed by atoms with E-state index in [0.29, 0.717) is 5.92 Å². The van der Waals surface area contributed by atoms with Crippen molar-refractivity contribution in [3.8, 4) is 0 Å². The fraction of sp³-hybridized carbons (Fsp3) is 0.600. The third-order valence-corrected chi connectivity index (χ3v) is 7.14. The number of allylic oxidation sites excluding steroid dienone is 2. The Bertz CT molecular complexity index is 548. The molecule has 0 radical (unpaired) electrons. The lowest BCUT2D eigenvalue weighted by Crippen LogP contribution is -2.27. The van der Waals surface area contributed by atoms with E-state index in [-0.39, 0.29) is 0 Å². The molecule has 0 saturated heterocycles. The smallest absolute Gasteiger partial charge is 0.0162 e. The summed E-state index contributed by atoms with van der Waals surface area (Å²) < 4.78 is 0. The Morgan fingerprint density at radius 3 is 1.96 bits per heavy atom.